The van der Waals surface area contributed by atoms with Crippen molar-refractivity contribution < 1.29 is 19.4 Å². The fourth-order valence-electron chi connectivity index (χ4n) is 2.09. The second-order valence-corrected chi connectivity index (χ2v) is 6.44. The number of esters is 1. The summed E-state index contributed by atoms with van der Waals surface area (Å²) in [5.74, 6) is -0.776. The molecule has 0 aliphatic carbocycles. The molecule has 128 valence electrons. The molecule has 0 unspecified atom stereocenters. The van der Waals surface area contributed by atoms with E-state index in [0.29, 0.717) is 11.6 Å². The number of urea groups is 1. The number of anilines is 1. The number of amides is 2. The number of hydrogen-bond acceptors (Lipinski definition) is 6. The molecule has 1 aromatic heterocycles. The van der Waals surface area contributed by atoms with Gasteiger partial charge in [-0.15, -0.1) is 11.3 Å². The Morgan fingerprint density at radius 1 is 1.33 bits per heavy atom. The normalized spacial score (nSPS) is 11.6. The molecule has 24 heavy (non-hydrogen) atoms. The molecule has 0 radical (unpaired) electrons. The van der Waals surface area contributed by atoms with E-state index in [0.717, 1.165) is 10.4 Å². The third-order valence-corrected chi connectivity index (χ3v) is 4.13. The molecule has 0 saturated carbocycles. The van der Waals surface area contributed by atoms with Gasteiger partial charge in [0.15, 0.2) is 5.13 Å². The average Bonchev–Trinajstić information content (AvgIpc) is 2.97. The Hall–Kier alpha value is -2.61. The number of aryl methyl sites for hydroxylation is 1. The van der Waals surface area contributed by atoms with E-state index in [-0.39, 0.29) is 12.3 Å². The Morgan fingerprint density at radius 3 is 2.62 bits per heavy atom. The van der Waals surface area contributed by atoms with Gasteiger partial charge in [0.2, 0.25) is 0 Å². The number of thiazole rings is 1. The number of phenols is 1. The predicted molar refractivity (Wildman–Crippen MR) is 91.2 cm³/mol. The number of phenolic OH excluding ortho intramolecular Hbond substituents is 1. The molecule has 0 aliphatic rings. The first-order valence-corrected chi connectivity index (χ1v) is 8.12. The Bertz CT molecular complexity index is 700. The average molecular weight is 349 g/mol. The Kier molecular flexibility index (Phi) is 6.14. The summed E-state index contributed by atoms with van der Waals surface area (Å²) in [5.41, 5.74) is 0.862. The lowest BCUT2D eigenvalue weighted by Gasteiger charge is -2.15. The van der Waals surface area contributed by atoms with E-state index in [9.17, 15) is 14.7 Å². The van der Waals surface area contributed by atoms with Crippen molar-refractivity contribution >= 4 is 28.5 Å². The van der Waals surface area contributed by atoms with Crippen molar-refractivity contribution in [2.45, 2.75) is 13.3 Å². The summed E-state index contributed by atoms with van der Waals surface area (Å²) in [5, 5.41) is 15.1. The van der Waals surface area contributed by atoms with Crippen LogP contribution < -0.4 is 10.6 Å². The molecule has 0 saturated heterocycles. The number of rotatable bonds is 6. The summed E-state index contributed by atoms with van der Waals surface area (Å²) in [7, 11) is 1.31. The maximum Gasteiger partial charge on any atom is 0.321 e. The first-order chi connectivity index (χ1) is 11.5. The monoisotopic (exact) mass is 349 g/mol. The fraction of sp³-hybridized carbons (Fsp3) is 0.312. The van der Waals surface area contributed by atoms with Gasteiger partial charge in [-0.3, -0.25) is 10.1 Å². The number of aromatic hydroxyl groups is 1. The molecule has 8 heteroatoms. The van der Waals surface area contributed by atoms with Gasteiger partial charge in [-0.05, 0) is 31.0 Å². The van der Waals surface area contributed by atoms with Gasteiger partial charge in [-0.1, -0.05) is 12.1 Å². The van der Waals surface area contributed by atoms with Crippen LogP contribution >= 0.6 is 11.3 Å². The molecule has 1 heterocycles. The number of benzene rings is 1. The first-order valence-electron chi connectivity index (χ1n) is 7.31. The SMILES string of the molecule is COC(=O)[C@H](CNC(=O)Nc1ncc(C)s1)Cc1ccc(O)cc1. The van der Waals surface area contributed by atoms with Crippen molar-refractivity contribution in [1.82, 2.24) is 10.3 Å². The van der Waals surface area contributed by atoms with Gasteiger partial charge in [0.25, 0.3) is 0 Å². The zero-order valence-corrected chi connectivity index (χ0v) is 14.2. The van der Waals surface area contributed by atoms with Crippen LogP contribution in [-0.2, 0) is 16.0 Å². The molecular formula is C16H19N3O4S. The minimum Gasteiger partial charge on any atom is -0.508 e. The number of nitrogens with one attached hydrogen (secondary N) is 2. The number of ether oxygens (including phenoxy) is 1. The van der Waals surface area contributed by atoms with Crippen molar-refractivity contribution in [3.63, 3.8) is 0 Å². The predicted octanol–water partition coefficient (Wildman–Crippen LogP) is 2.31. The Morgan fingerprint density at radius 2 is 2.04 bits per heavy atom. The first kappa shape index (κ1) is 17.7. The van der Waals surface area contributed by atoms with Crippen molar-refractivity contribution in [1.29, 1.82) is 0 Å². The van der Waals surface area contributed by atoms with E-state index in [1.54, 1.807) is 30.5 Å². The standard InChI is InChI=1S/C16H19N3O4S/c1-10-8-18-16(24-10)19-15(22)17-9-12(14(21)23-2)7-11-3-5-13(20)6-4-11/h3-6,8,12,20H,7,9H2,1-2H3,(H2,17,18,19,22)/t12-/m0/s1. The number of carbonyl (C=O) groups is 2. The van der Waals surface area contributed by atoms with E-state index in [1.807, 2.05) is 6.92 Å². The van der Waals surface area contributed by atoms with Crippen molar-refractivity contribution in [3.05, 3.63) is 40.9 Å². The van der Waals surface area contributed by atoms with Gasteiger partial charge in [-0.25, -0.2) is 9.78 Å². The second-order valence-electron chi connectivity index (χ2n) is 5.20. The number of nitrogens with zero attached hydrogens (tertiary/aromatic N) is 1. The van der Waals surface area contributed by atoms with E-state index >= 15 is 0 Å². The molecule has 3 N–H and O–H groups in total. The smallest absolute Gasteiger partial charge is 0.321 e. The summed E-state index contributed by atoms with van der Waals surface area (Å²) >= 11 is 1.37. The molecule has 7 nitrogen and oxygen atoms in total. The summed E-state index contributed by atoms with van der Waals surface area (Å²) < 4.78 is 4.79. The third kappa shape index (κ3) is 5.24. The molecule has 0 bridgehead atoms. The molecule has 2 rings (SSSR count). The largest absolute Gasteiger partial charge is 0.508 e. The number of aromatic nitrogens is 1. The highest BCUT2D eigenvalue weighted by Gasteiger charge is 2.21. The highest BCUT2D eigenvalue weighted by Crippen LogP contribution is 2.17. The summed E-state index contributed by atoms with van der Waals surface area (Å²) in [4.78, 5) is 28.8. The molecule has 0 fully saturated rings. The van der Waals surface area contributed by atoms with Gasteiger partial charge in [0.05, 0.1) is 13.0 Å². The molecule has 1 aromatic carbocycles. The minimum atomic E-state index is -0.525. The highest BCUT2D eigenvalue weighted by molar-refractivity contribution is 7.15. The van der Waals surface area contributed by atoms with Crippen LogP contribution in [-0.4, -0.2) is 35.7 Å². The minimum absolute atomic E-state index is 0.129. The lowest BCUT2D eigenvalue weighted by Crippen LogP contribution is -2.37. The Labute approximate surface area is 143 Å². The number of methoxy groups -OCH3 is 1. The molecule has 0 spiro atoms. The van der Waals surface area contributed by atoms with E-state index in [2.05, 4.69) is 15.6 Å². The molecule has 0 aliphatic heterocycles. The van der Waals surface area contributed by atoms with Crippen molar-refractivity contribution in [2.24, 2.45) is 5.92 Å². The maximum absolute atomic E-state index is 11.9. The van der Waals surface area contributed by atoms with Crippen LogP contribution in [0.1, 0.15) is 10.4 Å². The topological polar surface area (TPSA) is 101 Å². The summed E-state index contributed by atoms with van der Waals surface area (Å²) in [6, 6.07) is 6.13. The van der Waals surface area contributed by atoms with Crippen molar-refractivity contribution in [2.75, 3.05) is 19.0 Å². The van der Waals surface area contributed by atoms with Crippen LogP contribution in [0, 0.1) is 12.8 Å². The van der Waals surface area contributed by atoms with E-state index in [1.165, 1.54) is 18.4 Å². The molecule has 1 atom stereocenters. The molecule has 2 aromatic rings. The highest BCUT2D eigenvalue weighted by atomic mass is 32.1. The lowest BCUT2D eigenvalue weighted by atomic mass is 9.99. The van der Waals surface area contributed by atoms with Gasteiger partial charge in [0, 0.05) is 17.6 Å². The molecule has 2 amide bonds. The third-order valence-electron chi connectivity index (χ3n) is 3.30. The van der Waals surface area contributed by atoms with E-state index < -0.39 is 17.9 Å². The number of hydrogen-bond donors (Lipinski definition) is 3. The maximum atomic E-state index is 11.9. The van der Waals surface area contributed by atoms with Gasteiger partial charge >= 0.3 is 12.0 Å². The van der Waals surface area contributed by atoms with Gasteiger partial charge < -0.3 is 15.2 Å². The van der Waals surface area contributed by atoms with Crippen molar-refractivity contribution in [3.8, 4) is 5.75 Å². The van der Waals surface area contributed by atoms with Crippen LogP contribution in [0.5, 0.6) is 5.75 Å². The van der Waals surface area contributed by atoms with Crippen LogP contribution in [0.2, 0.25) is 0 Å². The van der Waals surface area contributed by atoms with Crippen LogP contribution in [0.25, 0.3) is 0 Å². The van der Waals surface area contributed by atoms with Crippen LogP contribution in [0.3, 0.4) is 0 Å². The quantitative estimate of drug-likeness (QED) is 0.695. The second kappa shape index (κ2) is 8.30. The summed E-state index contributed by atoms with van der Waals surface area (Å²) in [6.07, 6.45) is 2.06. The van der Waals surface area contributed by atoms with Crippen LogP contribution in [0.4, 0.5) is 9.93 Å². The Balaban J connectivity index is 1.92. The zero-order valence-electron chi connectivity index (χ0n) is 13.4. The zero-order chi connectivity index (χ0) is 17.5. The van der Waals surface area contributed by atoms with Gasteiger partial charge in [0.1, 0.15) is 5.75 Å². The van der Waals surface area contributed by atoms with Gasteiger partial charge in [-0.2, -0.15) is 0 Å². The molecular weight excluding hydrogens is 330 g/mol. The number of carbonyl (C=O) groups excluding carboxylic acids is 2. The summed E-state index contributed by atoms with van der Waals surface area (Å²) in [6.45, 7) is 2.02. The lowest BCUT2D eigenvalue weighted by molar-refractivity contribution is -0.145. The van der Waals surface area contributed by atoms with E-state index in [4.69, 9.17) is 4.74 Å². The fourth-order valence-corrected chi connectivity index (χ4v) is 2.75. The van der Waals surface area contributed by atoms with Crippen LogP contribution in [0.15, 0.2) is 30.5 Å².